The molecule has 104 valence electrons. The Bertz CT molecular complexity index is 549. The fourth-order valence-corrected chi connectivity index (χ4v) is 2.93. The van der Waals surface area contributed by atoms with Gasteiger partial charge in [-0.3, -0.25) is 4.90 Å². The van der Waals surface area contributed by atoms with Crippen LogP contribution in [-0.2, 0) is 13.1 Å². The topological polar surface area (TPSA) is 29.3 Å². The van der Waals surface area contributed by atoms with Crippen molar-refractivity contribution in [2.45, 2.75) is 32.4 Å². The molecule has 3 rings (SSSR count). The van der Waals surface area contributed by atoms with Gasteiger partial charge in [0.2, 0.25) is 0 Å². The molecular weight excluding hydrogens is 244 g/mol. The van der Waals surface area contributed by atoms with Crippen LogP contribution in [0.15, 0.2) is 48.5 Å². The van der Waals surface area contributed by atoms with Gasteiger partial charge in [-0.15, -0.1) is 0 Å². The molecule has 0 fully saturated rings. The fraction of sp³-hybridized carbons (Fsp3) is 0.333. The molecule has 2 aromatic carbocycles. The first-order valence-electron chi connectivity index (χ1n) is 7.37. The van der Waals surface area contributed by atoms with E-state index in [0.29, 0.717) is 5.92 Å². The molecule has 2 N–H and O–H groups in total. The summed E-state index contributed by atoms with van der Waals surface area (Å²) in [6, 6.07) is 17.1. The largest absolute Gasteiger partial charge is 0.399 e. The Morgan fingerprint density at radius 3 is 2.20 bits per heavy atom. The van der Waals surface area contributed by atoms with Crippen molar-refractivity contribution < 1.29 is 0 Å². The van der Waals surface area contributed by atoms with E-state index in [9.17, 15) is 0 Å². The third kappa shape index (κ3) is 2.86. The summed E-state index contributed by atoms with van der Waals surface area (Å²) in [5, 5.41) is 0. The van der Waals surface area contributed by atoms with Crippen molar-refractivity contribution in [2.24, 2.45) is 0 Å². The van der Waals surface area contributed by atoms with E-state index < -0.39 is 0 Å². The van der Waals surface area contributed by atoms with Crippen molar-refractivity contribution in [1.82, 2.24) is 4.90 Å². The van der Waals surface area contributed by atoms with Gasteiger partial charge in [0.15, 0.2) is 0 Å². The van der Waals surface area contributed by atoms with E-state index in [-0.39, 0.29) is 0 Å². The molecule has 0 amide bonds. The minimum Gasteiger partial charge on any atom is -0.399 e. The first-order valence-corrected chi connectivity index (χ1v) is 7.37. The van der Waals surface area contributed by atoms with Crippen LogP contribution in [0.2, 0.25) is 0 Å². The Labute approximate surface area is 121 Å². The van der Waals surface area contributed by atoms with Crippen LogP contribution in [0, 0.1) is 0 Å². The van der Waals surface area contributed by atoms with Gasteiger partial charge >= 0.3 is 0 Å². The number of nitrogens with two attached hydrogens (primary N) is 1. The molecule has 1 heterocycles. The van der Waals surface area contributed by atoms with Crippen LogP contribution in [0.25, 0.3) is 0 Å². The van der Waals surface area contributed by atoms with E-state index in [2.05, 4.69) is 48.2 Å². The zero-order valence-electron chi connectivity index (χ0n) is 12.0. The van der Waals surface area contributed by atoms with E-state index in [1.54, 1.807) is 0 Å². The second kappa shape index (κ2) is 5.68. The lowest BCUT2D eigenvalue weighted by atomic mass is 9.97. The van der Waals surface area contributed by atoms with Crippen molar-refractivity contribution in [3.63, 3.8) is 0 Å². The molecule has 2 heteroatoms. The summed E-state index contributed by atoms with van der Waals surface area (Å²) in [6.45, 7) is 5.66. The van der Waals surface area contributed by atoms with Gasteiger partial charge in [-0.25, -0.2) is 0 Å². The lowest BCUT2D eigenvalue weighted by molar-refractivity contribution is 0.273. The number of fused-ring (bicyclic) bond motifs is 1. The van der Waals surface area contributed by atoms with E-state index in [1.807, 2.05) is 12.1 Å². The molecule has 1 aliphatic heterocycles. The highest BCUT2D eigenvalue weighted by atomic mass is 15.1. The number of anilines is 1. The maximum atomic E-state index is 5.74. The first kappa shape index (κ1) is 13.2. The van der Waals surface area contributed by atoms with E-state index in [4.69, 9.17) is 5.73 Å². The van der Waals surface area contributed by atoms with E-state index in [0.717, 1.165) is 25.3 Å². The number of nitrogens with zero attached hydrogens (tertiary/aromatic N) is 1. The van der Waals surface area contributed by atoms with Gasteiger partial charge in [-0.2, -0.15) is 0 Å². The van der Waals surface area contributed by atoms with Crippen molar-refractivity contribution in [2.75, 3.05) is 12.3 Å². The predicted molar refractivity (Wildman–Crippen MR) is 84.4 cm³/mol. The molecule has 0 bridgehead atoms. The highest BCUT2D eigenvalue weighted by molar-refractivity contribution is 5.40. The van der Waals surface area contributed by atoms with Crippen molar-refractivity contribution >= 4 is 5.69 Å². The highest BCUT2D eigenvalue weighted by Crippen LogP contribution is 2.25. The van der Waals surface area contributed by atoms with E-state index in [1.165, 1.54) is 23.1 Å². The maximum Gasteiger partial charge on any atom is 0.0314 e. The first-order chi connectivity index (χ1) is 9.72. The molecule has 2 aromatic rings. The van der Waals surface area contributed by atoms with Crippen molar-refractivity contribution in [1.29, 1.82) is 0 Å². The average Bonchev–Trinajstić information content (AvgIpc) is 2.88. The van der Waals surface area contributed by atoms with Crippen LogP contribution in [0.5, 0.6) is 0 Å². The highest BCUT2D eigenvalue weighted by Gasteiger charge is 2.18. The second-order valence-electron chi connectivity index (χ2n) is 5.84. The van der Waals surface area contributed by atoms with Gasteiger partial charge in [0.1, 0.15) is 0 Å². The van der Waals surface area contributed by atoms with Gasteiger partial charge < -0.3 is 5.73 Å². The summed E-state index contributed by atoms with van der Waals surface area (Å²) in [6.07, 6.45) is 1.19. The van der Waals surface area contributed by atoms with Crippen LogP contribution < -0.4 is 5.73 Å². The van der Waals surface area contributed by atoms with Gasteiger partial charge in [-0.05, 0) is 47.7 Å². The number of hydrogen-bond donors (Lipinski definition) is 1. The molecule has 0 aromatic heterocycles. The molecule has 0 saturated carbocycles. The number of hydrogen-bond acceptors (Lipinski definition) is 2. The minimum absolute atomic E-state index is 0.583. The zero-order valence-corrected chi connectivity index (χ0v) is 12.0. The third-order valence-corrected chi connectivity index (χ3v) is 4.29. The monoisotopic (exact) mass is 266 g/mol. The summed E-state index contributed by atoms with van der Waals surface area (Å²) < 4.78 is 0. The normalized spacial score (nSPS) is 16.1. The summed E-state index contributed by atoms with van der Waals surface area (Å²) in [4.78, 5) is 2.54. The molecule has 0 aliphatic carbocycles. The lowest BCUT2D eigenvalue weighted by Crippen LogP contribution is -2.19. The summed E-state index contributed by atoms with van der Waals surface area (Å²) in [5.41, 5.74) is 11.0. The average molecular weight is 266 g/mol. The number of benzene rings is 2. The summed E-state index contributed by atoms with van der Waals surface area (Å²) >= 11 is 0. The van der Waals surface area contributed by atoms with Gasteiger partial charge in [-0.1, -0.05) is 43.3 Å². The Morgan fingerprint density at radius 1 is 1.00 bits per heavy atom. The van der Waals surface area contributed by atoms with Crippen LogP contribution in [0.3, 0.4) is 0 Å². The SMILES string of the molecule is CC(CCN1Cc2ccccc2C1)c1ccc(N)cc1. The molecular formula is C18H22N2. The van der Waals surface area contributed by atoms with Crippen LogP contribution in [0.4, 0.5) is 5.69 Å². The molecule has 1 atom stereocenters. The molecule has 1 aliphatic rings. The lowest BCUT2D eigenvalue weighted by Gasteiger charge is -2.18. The second-order valence-corrected chi connectivity index (χ2v) is 5.84. The Balaban J connectivity index is 1.55. The number of rotatable bonds is 4. The van der Waals surface area contributed by atoms with Gasteiger partial charge in [0.25, 0.3) is 0 Å². The summed E-state index contributed by atoms with van der Waals surface area (Å²) in [5.74, 6) is 0.583. The maximum absolute atomic E-state index is 5.74. The quantitative estimate of drug-likeness (QED) is 0.853. The van der Waals surface area contributed by atoms with Crippen molar-refractivity contribution in [3.05, 3.63) is 65.2 Å². The van der Waals surface area contributed by atoms with Crippen LogP contribution in [0.1, 0.15) is 36.0 Å². The molecule has 0 radical (unpaired) electrons. The fourth-order valence-electron chi connectivity index (χ4n) is 2.93. The number of nitrogen functional groups attached to an aromatic ring is 1. The zero-order chi connectivity index (χ0) is 13.9. The molecule has 0 saturated heterocycles. The molecule has 0 spiro atoms. The summed E-state index contributed by atoms with van der Waals surface area (Å²) in [7, 11) is 0. The Hall–Kier alpha value is -1.80. The predicted octanol–water partition coefficient (Wildman–Crippen LogP) is 3.78. The standard InChI is InChI=1S/C18H22N2/c1-14(15-6-8-18(19)9-7-15)10-11-20-12-16-4-2-3-5-17(16)13-20/h2-9,14H,10-13,19H2,1H3. The van der Waals surface area contributed by atoms with Crippen LogP contribution in [-0.4, -0.2) is 11.4 Å². The Kier molecular flexibility index (Phi) is 3.75. The molecule has 2 nitrogen and oxygen atoms in total. The van der Waals surface area contributed by atoms with E-state index >= 15 is 0 Å². The van der Waals surface area contributed by atoms with Gasteiger partial charge in [0, 0.05) is 18.8 Å². The van der Waals surface area contributed by atoms with Crippen molar-refractivity contribution in [3.8, 4) is 0 Å². The molecule has 1 unspecified atom stereocenters. The Morgan fingerprint density at radius 2 is 1.60 bits per heavy atom. The van der Waals surface area contributed by atoms with Crippen LogP contribution >= 0.6 is 0 Å². The molecule has 20 heavy (non-hydrogen) atoms. The smallest absolute Gasteiger partial charge is 0.0314 e. The minimum atomic E-state index is 0.583. The van der Waals surface area contributed by atoms with Gasteiger partial charge in [0.05, 0.1) is 0 Å². The third-order valence-electron chi connectivity index (χ3n) is 4.29.